The molecular weight excluding hydrogens is 738 g/mol. The SMILES string of the molecule is [C-]#[N+]c1ccc(N2CC3(CCN(c4ncc(CN5CC(N6CCN(c7ccc8c(c7)C(=O)N(C7CCC(=O)NC7=O)C8=O)CC6)C5)s4)CC3)C[C@@H]2C)cc1Cl. The monoisotopic (exact) mass is 781 g/mol. The highest BCUT2D eigenvalue weighted by molar-refractivity contribution is 7.15. The van der Waals surface area contributed by atoms with E-state index in [9.17, 15) is 19.2 Å². The van der Waals surface area contributed by atoms with Crippen molar-refractivity contribution in [3.63, 3.8) is 0 Å². The van der Waals surface area contributed by atoms with E-state index in [1.807, 2.05) is 35.6 Å². The Hall–Kier alpha value is -4.55. The van der Waals surface area contributed by atoms with E-state index >= 15 is 0 Å². The lowest BCUT2D eigenvalue weighted by molar-refractivity contribution is -0.136. The summed E-state index contributed by atoms with van der Waals surface area (Å²) in [6, 6.07) is 11.2. The highest BCUT2D eigenvalue weighted by atomic mass is 35.5. The second-order valence-corrected chi connectivity index (χ2v) is 17.6. The van der Waals surface area contributed by atoms with Crippen molar-refractivity contribution in [2.45, 2.75) is 63.7 Å². The summed E-state index contributed by atoms with van der Waals surface area (Å²) < 4.78 is 0. The number of hydrogen-bond donors (Lipinski definition) is 1. The van der Waals surface area contributed by atoms with Gasteiger partial charge in [0.15, 0.2) is 5.13 Å². The number of carbonyl (C=O) groups excluding carboxylic acids is 4. The number of likely N-dealkylation sites (tertiary alicyclic amines) is 1. The van der Waals surface area contributed by atoms with Crippen LogP contribution in [0.15, 0.2) is 42.6 Å². The normalized spacial score (nSPS) is 24.7. The predicted octanol–water partition coefficient (Wildman–Crippen LogP) is 4.64. The van der Waals surface area contributed by atoms with Crippen molar-refractivity contribution in [1.29, 1.82) is 0 Å². The molecule has 5 fully saturated rings. The van der Waals surface area contributed by atoms with Gasteiger partial charge in [-0.2, -0.15) is 0 Å². The van der Waals surface area contributed by atoms with Crippen LogP contribution in [0.1, 0.15) is 64.6 Å². The molecule has 2 atom stereocenters. The molecule has 15 heteroatoms. The zero-order valence-corrected chi connectivity index (χ0v) is 32.4. The summed E-state index contributed by atoms with van der Waals surface area (Å²) in [6.07, 6.45) is 5.77. The molecule has 1 N–H and O–H groups in total. The van der Waals surface area contributed by atoms with Crippen molar-refractivity contribution in [3.05, 3.63) is 75.0 Å². The number of nitrogens with zero attached hydrogens (tertiary/aromatic N) is 8. The number of anilines is 3. The van der Waals surface area contributed by atoms with Crippen LogP contribution in [0.4, 0.5) is 22.2 Å². The third-order valence-electron chi connectivity index (χ3n) is 12.7. The zero-order valence-electron chi connectivity index (χ0n) is 30.9. The molecular formula is C40H44ClN9O4S. The summed E-state index contributed by atoms with van der Waals surface area (Å²) in [5, 5.41) is 3.91. The molecule has 1 aromatic heterocycles. The number of thiazole rings is 1. The number of halogens is 1. The highest BCUT2D eigenvalue weighted by Crippen LogP contribution is 2.46. The first kappa shape index (κ1) is 36.1. The number of amides is 4. The molecule has 4 amide bonds. The van der Waals surface area contributed by atoms with E-state index in [2.05, 4.69) is 47.8 Å². The minimum atomic E-state index is -0.960. The Morgan fingerprint density at radius 1 is 0.945 bits per heavy atom. The summed E-state index contributed by atoms with van der Waals surface area (Å²) in [7, 11) is 0. The maximum absolute atomic E-state index is 13.3. The molecule has 286 valence electrons. The first-order valence-corrected chi connectivity index (χ1v) is 20.5. The van der Waals surface area contributed by atoms with Crippen molar-refractivity contribution in [3.8, 4) is 0 Å². The van der Waals surface area contributed by atoms with Gasteiger partial charge in [-0.1, -0.05) is 17.7 Å². The van der Waals surface area contributed by atoms with Crippen LogP contribution >= 0.6 is 22.9 Å². The zero-order chi connectivity index (χ0) is 38.0. The molecule has 0 saturated carbocycles. The van der Waals surface area contributed by atoms with Gasteiger partial charge < -0.3 is 14.7 Å². The number of fused-ring (bicyclic) bond motifs is 1. The van der Waals surface area contributed by atoms with Gasteiger partial charge in [-0.25, -0.2) is 9.83 Å². The molecule has 9 rings (SSSR count). The van der Waals surface area contributed by atoms with E-state index in [4.69, 9.17) is 23.2 Å². The number of imide groups is 2. The van der Waals surface area contributed by atoms with E-state index in [1.165, 1.54) is 11.3 Å². The Bertz CT molecular complexity index is 2100. The van der Waals surface area contributed by atoms with Crippen molar-refractivity contribution >= 4 is 68.8 Å². The third kappa shape index (κ3) is 6.64. The van der Waals surface area contributed by atoms with E-state index in [0.717, 1.165) is 99.7 Å². The van der Waals surface area contributed by atoms with Gasteiger partial charge in [0.05, 0.1) is 17.7 Å². The Balaban J connectivity index is 0.730. The Kier molecular flexibility index (Phi) is 9.32. The van der Waals surface area contributed by atoms with Crippen LogP contribution in [0.25, 0.3) is 4.85 Å². The van der Waals surface area contributed by atoms with Crippen molar-refractivity contribution in [2.75, 3.05) is 73.6 Å². The number of carbonyl (C=O) groups is 4. The lowest BCUT2D eigenvalue weighted by Crippen LogP contribution is -2.62. The standard InChI is InChI=1S/C40H44ClN9O4S/c1-25-19-40(24-49(25)27-4-6-33(42-2)32(41)18-27)9-11-48(12-10-40)39-43-20-29(55-39)23-45-21-28(22-45)47-15-13-46(14-16-47)26-3-5-30-31(17-26)38(54)50(37(30)53)34-7-8-35(51)44-36(34)52/h3-6,17-18,20,25,28,34H,7-16,19,21-24H2,1H3,(H,44,51,52)/t25-,34?/m0/s1. The van der Waals surface area contributed by atoms with E-state index in [-0.39, 0.29) is 18.7 Å². The van der Waals surface area contributed by atoms with Crippen molar-refractivity contribution in [2.24, 2.45) is 5.41 Å². The van der Waals surface area contributed by atoms with E-state index in [0.29, 0.717) is 39.3 Å². The van der Waals surface area contributed by atoms with Gasteiger partial charge in [0.1, 0.15) is 6.04 Å². The van der Waals surface area contributed by atoms with Gasteiger partial charge in [-0.05, 0) is 68.4 Å². The Morgan fingerprint density at radius 2 is 1.69 bits per heavy atom. The number of benzene rings is 2. The fourth-order valence-electron chi connectivity index (χ4n) is 9.60. The molecule has 2 aromatic carbocycles. The van der Waals surface area contributed by atoms with E-state index < -0.39 is 23.8 Å². The molecule has 1 unspecified atom stereocenters. The van der Waals surface area contributed by atoms with Crippen LogP contribution in [0, 0.1) is 12.0 Å². The molecule has 1 spiro atoms. The molecule has 6 aliphatic rings. The summed E-state index contributed by atoms with van der Waals surface area (Å²) in [6.45, 7) is 19.2. The summed E-state index contributed by atoms with van der Waals surface area (Å²) >= 11 is 8.21. The Labute approximate surface area is 329 Å². The first-order chi connectivity index (χ1) is 26.6. The van der Waals surface area contributed by atoms with Crippen molar-refractivity contribution in [1.82, 2.24) is 25.0 Å². The van der Waals surface area contributed by atoms with Crippen LogP contribution in [-0.2, 0) is 16.1 Å². The van der Waals surface area contributed by atoms with Crippen LogP contribution in [-0.4, -0.2) is 120 Å². The summed E-state index contributed by atoms with van der Waals surface area (Å²) in [4.78, 5) is 73.5. The van der Waals surface area contributed by atoms with Crippen molar-refractivity contribution < 1.29 is 19.2 Å². The molecule has 3 aromatic rings. The highest BCUT2D eigenvalue weighted by Gasteiger charge is 2.46. The third-order valence-corrected chi connectivity index (χ3v) is 14.1. The van der Waals surface area contributed by atoms with Crippen LogP contribution in [0.3, 0.4) is 0 Å². The summed E-state index contributed by atoms with van der Waals surface area (Å²) in [5.74, 6) is -1.93. The molecule has 55 heavy (non-hydrogen) atoms. The number of rotatable bonds is 7. The van der Waals surface area contributed by atoms with Gasteiger partial charge >= 0.3 is 0 Å². The average Bonchev–Trinajstić information content (AvgIpc) is 3.84. The smallest absolute Gasteiger partial charge is 0.262 e. The fraction of sp³-hybridized carbons (Fsp3) is 0.500. The predicted molar refractivity (Wildman–Crippen MR) is 211 cm³/mol. The number of aromatic nitrogens is 1. The number of piperidine rings is 2. The minimum absolute atomic E-state index is 0.102. The quantitative estimate of drug-likeness (QED) is 0.269. The first-order valence-electron chi connectivity index (χ1n) is 19.3. The fourth-order valence-corrected chi connectivity index (χ4v) is 10.8. The maximum atomic E-state index is 13.3. The van der Waals surface area contributed by atoms with Gasteiger partial charge in [-0.3, -0.25) is 39.2 Å². The topological polar surface area (TPSA) is 117 Å². The van der Waals surface area contributed by atoms with E-state index in [1.54, 1.807) is 12.1 Å². The molecule has 13 nitrogen and oxygen atoms in total. The average molecular weight is 782 g/mol. The minimum Gasteiger partial charge on any atom is -0.369 e. The van der Waals surface area contributed by atoms with Gasteiger partial charge in [0, 0.05) is 111 Å². The molecule has 6 aliphatic heterocycles. The number of nitrogens with one attached hydrogen (secondary N) is 1. The van der Waals surface area contributed by atoms with Gasteiger partial charge in [-0.15, -0.1) is 11.3 Å². The Morgan fingerprint density at radius 3 is 2.42 bits per heavy atom. The van der Waals surface area contributed by atoms with Crippen LogP contribution < -0.4 is 20.0 Å². The van der Waals surface area contributed by atoms with Gasteiger partial charge in [0.2, 0.25) is 17.5 Å². The second-order valence-electron chi connectivity index (χ2n) is 16.1. The lowest BCUT2D eigenvalue weighted by Gasteiger charge is -2.48. The number of piperazine rings is 1. The lowest BCUT2D eigenvalue weighted by atomic mass is 9.77. The van der Waals surface area contributed by atoms with Crippen LogP contribution in [0.2, 0.25) is 5.02 Å². The molecule has 0 aliphatic carbocycles. The molecule has 7 heterocycles. The van der Waals surface area contributed by atoms with Crippen LogP contribution in [0.5, 0.6) is 0 Å². The largest absolute Gasteiger partial charge is 0.369 e. The number of hydrogen-bond acceptors (Lipinski definition) is 11. The van der Waals surface area contributed by atoms with Gasteiger partial charge in [0.25, 0.3) is 11.8 Å². The molecule has 0 radical (unpaired) electrons. The molecule has 5 saturated heterocycles. The summed E-state index contributed by atoms with van der Waals surface area (Å²) in [5.41, 5.74) is 3.44. The maximum Gasteiger partial charge on any atom is 0.262 e. The second kappa shape index (κ2) is 14.2. The molecule has 0 bridgehead atoms.